The first-order valence-corrected chi connectivity index (χ1v) is 10.4. The van der Waals surface area contributed by atoms with Gasteiger partial charge in [-0.1, -0.05) is 47.5 Å². The summed E-state index contributed by atoms with van der Waals surface area (Å²) in [5.74, 6) is -1.08. The lowest BCUT2D eigenvalue weighted by atomic mass is 10.0. The fourth-order valence-electron chi connectivity index (χ4n) is 3.37. The molecule has 0 bridgehead atoms. The first kappa shape index (κ1) is 23.0. The number of aryl methyl sites for hydroxylation is 1. The van der Waals surface area contributed by atoms with E-state index in [0.29, 0.717) is 26.9 Å². The molecule has 1 amide bonds. The van der Waals surface area contributed by atoms with Crippen molar-refractivity contribution in [3.05, 3.63) is 74.9 Å². The Morgan fingerprint density at radius 2 is 1.90 bits per heavy atom. The molecule has 0 aliphatic heterocycles. The van der Waals surface area contributed by atoms with E-state index in [0.717, 1.165) is 16.5 Å². The summed E-state index contributed by atoms with van der Waals surface area (Å²) in [6, 6.07) is 12.2. The lowest BCUT2D eigenvalue weighted by molar-refractivity contribution is -0.124. The van der Waals surface area contributed by atoms with Crippen molar-refractivity contribution in [1.82, 2.24) is 10.3 Å². The quantitative estimate of drug-likeness (QED) is 0.500. The van der Waals surface area contributed by atoms with Crippen LogP contribution in [0.25, 0.3) is 10.9 Å². The van der Waals surface area contributed by atoms with Gasteiger partial charge in [-0.25, -0.2) is 9.78 Å². The van der Waals surface area contributed by atoms with Crippen molar-refractivity contribution in [3.8, 4) is 0 Å². The number of carbonyl (C=O) groups is 2. The molecule has 0 fully saturated rings. The number of carbonyl (C=O) groups excluding carboxylic acids is 2. The summed E-state index contributed by atoms with van der Waals surface area (Å²) in [6.45, 7) is 3.31. The third-order valence-corrected chi connectivity index (χ3v) is 5.42. The number of aromatic nitrogens is 1. The Morgan fingerprint density at radius 3 is 2.61 bits per heavy atom. The van der Waals surface area contributed by atoms with E-state index < -0.39 is 18.5 Å². The third-order valence-electron chi connectivity index (χ3n) is 4.85. The van der Waals surface area contributed by atoms with Gasteiger partial charge in [0.15, 0.2) is 6.61 Å². The number of rotatable bonds is 7. The van der Waals surface area contributed by atoms with Gasteiger partial charge in [-0.2, -0.15) is 0 Å². The normalized spacial score (nSPS) is 11.9. The average Bonchev–Trinajstić information content (AvgIpc) is 2.72. The summed E-state index contributed by atoms with van der Waals surface area (Å²) in [5, 5.41) is 4.55. The number of esters is 1. The molecule has 8 heteroatoms. The Labute approximate surface area is 190 Å². The van der Waals surface area contributed by atoms with E-state index in [4.69, 9.17) is 32.7 Å². The third kappa shape index (κ3) is 5.34. The van der Waals surface area contributed by atoms with Gasteiger partial charge < -0.3 is 14.8 Å². The number of hydrogen-bond acceptors (Lipinski definition) is 5. The zero-order valence-electron chi connectivity index (χ0n) is 17.4. The van der Waals surface area contributed by atoms with Gasteiger partial charge in [-0.3, -0.25) is 4.79 Å². The summed E-state index contributed by atoms with van der Waals surface area (Å²) in [7, 11) is 1.53. The number of fused-ring (bicyclic) bond motifs is 1. The van der Waals surface area contributed by atoms with Gasteiger partial charge in [0.1, 0.15) is 0 Å². The second kappa shape index (κ2) is 10.1. The summed E-state index contributed by atoms with van der Waals surface area (Å²) in [5.41, 5.74) is 2.97. The number of methoxy groups -OCH3 is 1. The van der Waals surface area contributed by atoms with E-state index in [1.807, 2.05) is 31.2 Å². The number of pyridine rings is 1. The Kier molecular flexibility index (Phi) is 7.49. The molecule has 3 aromatic rings. The molecule has 6 nitrogen and oxygen atoms in total. The fourth-order valence-corrected chi connectivity index (χ4v) is 3.94. The minimum Gasteiger partial charge on any atom is -0.452 e. The molecule has 0 saturated carbocycles. The Hall–Kier alpha value is -2.67. The number of benzene rings is 2. The smallest absolute Gasteiger partial charge is 0.340 e. The maximum atomic E-state index is 12.8. The summed E-state index contributed by atoms with van der Waals surface area (Å²) in [4.78, 5) is 29.7. The van der Waals surface area contributed by atoms with E-state index in [1.54, 1.807) is 25.1 Å². The van der Waals surface area contributed by atoms with Crippen LogP contribution < -0.4 is 5.32 Å². The minimum atomic E-state index is -0.630. The first-order chi connectivity index (χ1) is 14.8. The number of ether oxygens (including phenoxy) is 2. The van der Waals surface area contributed by atoms with Crippen LogP contribution in [0.3, 0.4) is 0 Å². The molecule has 1 unspecified atom stereocenters. The van der Waals surface area contributed by atoms with Crippen molar-refractivity contribution < 1.29 is 19.1 Å². The predicted molar refractivity (Wildman–Crippen MR) is 120 cm³/mol. The van der Waals surface area contributed by atoms with Crippen molar-refractivity contribution in [2.75, 3.05) is 13.7 Å². The van der Waals surface area contributed by atoms with Gasteiger partial charge in [-0.15, -0.1) is 0 Å². The largest absolute Gasteiger partial charge is 0.452 e. The topological polar surface area (TPSA) is 77.5 Å². The van der Waals surface area contributed by atoms with Crippen LogP contribution in [-0.2, 0) is 20.9 Å². The molecule has 0 saturated heterocycles. The van der Waals surface area contributed by atoms with Crippen molar-refractivity contribution in [2.45, 2.75) is 26.5 Å². The number of hydrogen-bond donors (Lipinski definition) is 1. The number of para-hydroxylation sites is 1. The molecule has 31 heavy (non-hydrogen) atoms. The summed E-state index contributed by atoms with van der Waals surface area (Å²) in [6.07, 6.45) is 0. The highest BCUT2D eigenvalue weighted by molar-refractivity contribution is 6.35. The number of nitrogens with zero attached hydrogens (tertiary/aromatic N) is 1. The van der Waals surface area contributed by atoms with Crippen LogP contribution in [0.5, 0.6) is 0 Å². The molecule has 3 rings (SSSR count). The second-order valence-electron chi connectivity index (χ2n) is 7.04. The van der Waals surface area contributed by atoms with Gasteiger partial charge in [0.25, 0.3) is 5.91 Å². The number of nitrogens with one attached hydrogen (secondary N) is 1. The van der Waals surface area contributed by atoms with Crippen LogP contribution in [0.2, 0.25) is 10.0 Å². The standard InChI is InChI=1S/C23H22Cl2N2O4/c1-13-16-6-4-5-7-19(16)27-20(11-30-3)22(13)23(29)31-12-21(28)26-14(2)17-9-8-15(24)10-18(17)25/h4-10,14H,11-12H2,1-3H3,(H,26,28). The van der Waals surface area contributed by atoms with E-state index in [1.165, 1.54) is 7.11 Å². The van der Waals surface area contributed by atoms with Gasteiger partial charge in [-0.05, 0) is 43.2 Å². The van der Waals surface area contributed by atoms with Crippen LogP contribution in [-0.4, -0.2) is 30.6 Å². The Morgan fingerprint density at radius 1 is 1.16 bits per heavy atom. The lowest BCUT2D eigenvalue weighted by Crippen LogP contribution is -2.31. The van der Waals surface area contributed by atoms with E-state index >= 15 is 0 Å². The van der Waals surface area contributed by atoms with Crippen LogP contribution in [0.15, 0.2) is 42.5 Å². The molecule has 0 spiro atoms. The molecular formula is C23H22Cl2N2O4. The number of amides is 1. The zero-order chi connectivity index (χ0) is 22.5. The van der Waals surface area contributed by atoms with Crippen molar-refractivity contribution >= 4 is 46.0 Å². The molecule has 1 aromatic heterocycles. The van der Waals surface area contributed by atoms with Crippen molar-refractivity contribution in [3.63, 3.8) is 0 Å². The second-order valence-corrected chi connectivity index (χ2v) is 7.88. The first-order valence-electron chi connectivity index (χ1n) is 9.60. The monoisotopic (exact) mass is 460 g/mol. The highest BCUT2D eigenvalue weighted by Gasteiger charge is 2.21. The Bertz CT molecular complexity index is 1130. The molecule has 0 aliphatic rings. The molecule has 0 radical (unpaired) electrons. The van der Waals surface area contributed by atoms with Crippen LogP contribution in [0, 0.1) is 6.92 Å². The van der Waals surface area contributed by atoms with Crippen molar-refractivity contribution in [2.24, 2.45) is 0 Å². The Balaban J connectivity index is 1.72. The maximum Gasteiger partial charge on any atom is 0.340 e. The van der Waals surface area contributed by atoms with Crippen LogP contribution >= 0.6 is 23.2 Å². The summed E-state index contributed by atoms with van der Waals surface area (Å²) < 4.78 is 10.5. The SMILES string of the molecule is COCc1nc2ccccc2c(C)c1C(=O)OCC(=O)NC(C)c1ccc(Cl)cc1Cl. The van der Waals surface area contributed by atoms with Gasteiger partial charge in [0.2, 0.25) is 0 Å². The molecule has 1 N–H and O–H groups in total. The molecular weight excluding hydrogens is 439 g/mol. The van der Waals surface area contributed by atoms with E-state index in [2.05, 4.69) is 10.3 Å². The highest BCUT2D eigenvalue weighted by atomic mass is 35.5. The molecule has 162 valence electrons. The minimum absolute atomic E-state index is 0.147. The van der Waals surface area contributed by atoms with Crippen LogP contribution in [0.1, 0.15) is 40.1 Å². The van der Waals surface area contributed by atoms with E-state index in [9.17, 15) is 9.59 Å². The average molecular weight is 461 g/mol. The molecule has 0 aliphatic carbocycles. The fraction of sp³-hybridized carbons (Fsp3) is 0.261. The van der Waals surface area contributed by atoms with E-state index in [-0.39, 0.29) is 12.6 Å². The number of halogens is 2. The highest BCUT2D eigenvalue weighted by Crippen LogP contribution is 2.26. The summed E-state index contributed by atoms with van der Waals surface area (Å²) >= 11 is 12.1. The van der Waals surface area contributed by atoms with Gasteiger partial charge >= 0.3 is 5.97 Å². The molecule has 1 heterocycles. The maximum absolute atomic E-state index is 12.8. The van der Waals surface area contributed by atoms with Crippen molar-refractivity contribution in [1.29, 1.82) is 0 Å². The molecule has 1 atom stereocenters. The molecule has 2 aromatic carbocycles. The van der Waals surface area contributed by atoms with Crippen LogP contribution in [0.4, 0.5) is 0 Å². The predicted octanol–water partition coefficient (Wildman–Crippen LogP) is 5.03. The van der Waals surface area contributed by atoms with Gasteiger partial charge in [0, 0.05) is 22.5 Å². The zero-order valence-corrected chi connectivity index (χ0v) is 18.9. The van der Waals surface area contributed by atoms with Gasteiger partial charge in [0.05, 0.1) is 29.4 Å². The lowest BCUT2D eigenvalue weighted by Gasteiger charge is -2.17.